The van der Waals surface area contributed by atoms with Crippen LogP contribution in [0.25, 0.3) is 10.9 Å². The molecule has 0 aliphatic heterocycles. The smallest absolute Gasteiger partial charge is 0.0702 e. The molecule has 0 fully saturated rings. The molecule has 1 aromatic heterocycles. The summed E-state index contributed by atoms with van der Waals surface area (Å²) in [6.07, 6.45) is 7.96. The minimum Gasteiger partial charge on any atom is -0.314 e. The van der Waals surface area contributed by atoms with Gasteiger partial charge in [0.05, 0.1) is 5.52 Å². The second-order valence-electron chi connectivity index (χ2n) is 5.51. The van der Waals surface area contributed by atoms with Crippen molar-refractivity contribution in [2.75, 3.05) is 6.54 Å². The normalized spacial score (nSPS) is 12.7. The van der Waals surface area contributed by atoms with Gasteiger partial charge in [-0.15, -0.1) is 0 Å². The summed E-state index contributed by atoms with van der Waals surface area (Å²) in [7, 11) is 0. The first-order chi connectivity index (χ1) is 9.83. The van der Waals surface area contributed by atoms with Crippen molar-refractivity contribution in [1.82, 2.24) is 10.3 Å². The van der Waals surface area contributed by atoms with E-state index in [0.717, 1.165) is 18.5 Å². The van der Waals surface area contributed by atoms with Gasteiger partial charge in [-0.3, -0.25) is 4.98 Å². The number of aryl methyl sites for hydroxylation is 1. The van der Waals surface area contributed by atoms with Gasteiger partial charge in [0.1, 0.15) is 0 Å². The van der Waals surface area contributed by atoms with Gasteiger partial charge in [0, 0.05) is 17.6 Å². The number of hydrogen-bond donors (Lipinski definition) is 1. The van der Waals surface area contributed by atoms with Gasteiger partial charge in [0.15, 0.2) is 0 Å². The first-order valence-corrected chi connectivity index (χ1v) is 7.90. The number of fused-ring (bicyclic) bond motifs is 1. The molecule has 0 aliphatic carbocycles. The Morgan fingerprint density at radius 3 is 2.80 bits per heavy atom. The second kappa shape index (κ2) is 8.01. The second-order valence-corrected chi connectivity index (χ2v) is 5.51. The van der Waals surface area contributed by atoms with Crippen LogP contribution in [0.3, 0.4) is 0 Å². The third kappa shape index (κ3) is 4.31. The van der Waals surface area contributed by atoms with E-state index in [0.29, 0.717) is 6.04 Å². The topological polar surface area (TPSA) is 24.9 Å². The monoisotopic (exact) mass is 270 g/mol. The lowest BCUT2D eigenvalue weighted by molar-refractivity contribution is 0.449. The van der Waals surface area contributed by atoms with E-state index in [2.05, 4.69) is 48.4 Å². The molecule has 1 unspecified atom stereocenters. The first-order valence-electron chi connectivity index (χ1n) is 7.90. The van der Waals surface area contributed by atoms with Crippen molar-refractivity contribution in [1.29, 1.82) is 0 Å². The number of rotatable bonds is 8. The van der Waals surface area contributed by atoms with E-state index in [-0.39, 0.29) is 0 Å². The molecule has 0 saturated heterocycles. The van der Waals surface area contributed by atoms with E-state index in [9.17, 15) is 0 Å². The van der Waals surface area contributed by atoms with E-state index < -0.39 is 0 Å². The Kier molecular flexibility index (Phi) is 6.00. The van der Waals surface area contributed by atoms with Crippen LogP contribution >= 0.6 is 0 Å². The molecule has 0 radical (unpaired) electrons. The lowest BCUT2D eigenvalue weighted by atomic mass is 10.0. The van der Waals surface area contributed by atoms with Crippen LogP contribution in [-0.2, 0) is 6.42 Å². The Morgan fingerprint density at radius 2 is 2.00 bits per heavy atom. The number of aromatic nitrogens is 1. The van der Waals surface area contributed by atoms with Crippen LogP contribution in [0.15, 0.2) is 36.5 Å². The molecule has 0 saturated carbocycles. The molecule has 0 bridgehead atoms. The Morgan fingerprint density at radius 1 is 1.10 bits per heavy atom. The van der Waals surface area contributed by atoms with Crippen LogP contribution in [-0.4, -0.2) is 17.6 Å². The zero-order valence-corrected chi connectivity index (χ0v) is 12.7. The molecule has 0 amide bonds. The minimum absolute atomic E-state index is 0.657. The van der Waals surface area contributed by atoms with Gasteiger partial charge in [0.25, 0.3) is 0 Å². The van der Waals surface area contributed by atoms with Crippen molar-refractivity contribution in [3.8, 4) is 0 Å². The fourth-order valence-electron chi connectivity index (χ4n) is 2.67. The van der Waals surface area contributed by atoms with Gasteiger partial charge in [-0.1, -0.05) is 32.4 Å². The zero-order valence-electron chi connectivity index (χ0n) is 12.7. The molecule has 1 atom stereocenters. The maximum atomic E-state index is 4.38. The minimum atomic E-state index is 0.657. The van der Waals surface area contributed by atoms with Crippen molar-refractivity contribution in [2.24, 2.45) is 0 Å². The third-order valence-corrected chi connectivity index (χ3v) is 3.77. The molecular weight excluding hydrogens is 244 g/mol. The highest BCUT2D eigenvalue weighted by Gasteiger charge is 2.07. The van der Waals surface area contributed by atoms with Gasteiger partial charge in [-0.05, 0) is 56.0 Å². The molecule has 2 aromatic rings. The van der Waals surface area contributed by atoms with E-state index in [1.165, 1.54) is 36.6 Å². The van der Waals surface area contributed by atoms with Gasteiger partial charge in [-0.2, -0.15) is 0 Å². The standard InChI is InChI=1S/C18H26N2/c1-3-6-17(19-12-4-2)10-8-15-9-11-18-16(14-15)7-5-13-20-18/h5,7,9,11,13-14,17,19H,3-4,6,8,10,12H2,1-2H3. The number of benzene rings is 1. The average Bonchev–Trinajstić information content (AvgIpc) is 2.50. The van der Waals surface area contributed by atoms with Crippen molar-refractivity contribution in [2.45, 2.75) is 52.0 Å². The molecule has 1 aromatic carbocycles. The van der Waals surface area contributed by atoms with Crippen molar-refractivity contribution < 1.29 is 0 Å². The largest absolute Gasteiger partial charge is 0.314 e. The van der Waals surface area contributed by atoms with E-state index in [1.54, 1.807) is 0 Å². The highest BCUT2D eigenvalue weighted by molar-refractivity contribution is 5.78. The Bertz CT molecular complexity index is 522. The van der Waals surface area contributed by atoms with Crippen LogP contribution < -0.4 is 5.32 Å². The predicted molar refractivity (Wildman–Crippen MR) is 87.1 cm³/mol. The van der Waals surface area contributed by atoms with Crippen LogP contribution in [0, 0.1) is 0 Å². The number of nitrogens with zero attached hydrogens (tertiary/aromatic N) is 1. The summed E-state index contributed by atoms with van der Waals surface area (Å²) in [5.41, 5.74) is 2.51. The average molecular weight is 270 g/mol. The zero-order chi connectivity index (χ0) is 14.2. The van der Waals surface area contributed by atoms with Crippen molar-refractivity contribution in [3.05, 3.63) is 42.1 Å². The van der Waals surface area contributed by atoms with Crippen molar-refractivity contribution >= 4 is 10.9 Å². The maximum Gasteiger partial charge on any atom is 0.0702 e. The van der Waals surface area contributed by atoms with Crippen LogP contribution in [0.2, 0.25) is 0 Å². The summed E-state index contributed by atoms with van der Waals surface area (Å²) in [4.78, 5) is 4.38. The quantitative estimate of drug-likeness (QED) is 0.772. The SMILES string of the molecule is CCCNC(CCC)CCc1ccc2ncccc2c1. The van der Waals surface area contributed by atoms with Gasteiger partial charge >= 0.3 is 0 Å². The summed E-state index contributed by atoms with van der Waals surface area (Å²) in [5.74, 6) is 0. The summed E-state index contributed by atoms with van der Waals surface area (Å²) in [5, 5.41) is 4.91. The van der Waals surface area contributed by atoms with E-state index >= 15 is 0 Å². The van der Waals surface area contributed by atoms with E-state index in [1.807, 2.05) is 12.3 Å². The predicted octanol–water partition coefficient (Wildman–Crippen LogP) is 4.34. The van der Waals surface area contributed by atoms with Gasteiger partial charge < -0.3 is 5.32 Å². The van der Waals surface area contributed by atoms with E-state index in [4.69, 9.17) is 0 Å². The number of pyridine rings is 1. The highest BCUT2D eigenvalue weighted by atomic mass is 14.9. The summed E-state index contributed by atoms with van der Waals surface area (Å²) < 4.78 is 0. The molecular formula is C18H26N2. The Balaban J connectivity index is 1.96. The number of hydrogen-bond acceptors (Lipinski definition) is 2. The molecule has 108 valence electrons. The van der Waals surface area contributed by atoms with Gasteiger partial charge in [-0.25, -0.2) is 0 Å². The lowest BCUT2D eigenvalue weighted by Crippen LogP contribution is -2.30. The lowest BCUT2D eigenvalue weighted by Gasteiger charge is -2.17. The Hall–Kier alpha value is -1.41. The summed E-state index contributed by atoms with van der Waals surface area (Å²) in [6, 6.07) is 11.5. The summed E-state index contributed by atoms with van der Waals surface area (Å²) in [6.45, 7) is 5.63. The van der Waals surface area contributed by atoms with Crippen LogP contribution in [0.5, 0.6) is 0 Å². The number of nitrogens with one attached hydrogen (secondary N) is 1. The van der Waals surface area contributed by atoms with Gasteiger partial charge in [0.2, 0.25) is 0 Å². The van der Waals surface area contributed by atoms with Crippen molar-refractivity contribution in [3.63, 3.8) is 0 Å². The third-order valence-electron chi connectivity index (χ3n) is 3.77. The maximum absolute atomic E-state index is 4.38. The molecule has 0 spiro atoms. The molecule has 2 rings (SSSR count). The van der Waals surface area contributed by atoms with Crippen LogP contribution in [0.1, 0.15) is 45.1 Å². The molecule has 1 N–H and O–H groups in total. The first kappa shape index (κ1) is 15.0. The summed E-state index contributed by atoms with van der Waals surface area (Å²) >= 11 is 0. The fraction of sp³-hybridized carbons (Fsp3) is 0.500. The molecule has 20 heavy (non-hydrogen) atoms. The molecule has 2 heteroatoms. The molecule has 0 aliphatic rings. The molecule has 1 heterocycles. The Labute approximate surface area is 122 Å². The van der Waals surface area contributed by atoms with Crippen LogP contribution in [0.4, 0.5) is 0 Å². The highest BCUT2D eigenvalue weighted by Crippen LogP contribution is 2.16. The fourth-order valence-corrected chi connectivity index (χ4v) is 2.67. The molecule has 2 nitrogen and oxygen atoms in total.